The van der Waals surface area contributed by atoms with Crippen molar-refractivity contribution in [2.45, 2.75) is 24.9 Å². The number of nitrogens with zero attached hydrogens (tertiary/aromatic N) is 4. The normalized spacial score (nSPS) is 24.1. The molecule has 2 saturated heterocycles. The van der Waals surface area contributed by atoms with Crippen LogP contribution in [0.25, 0.3) is 0 Å². The average Bonchev–Trinajstić information content (AvgIpc) is 3.22. The second-order valence-electron chi connectivity index (χ2n) is 5.85. The van der Waals surface area contributed by atoms with E-state index in [0.717, 1.165) is 12.1 Å². The van der Waals surface area contributed by atoms with Crippen LogP contribution in [0, 0.1) is 0 Å². The van der Waals surface area contributed by atoms with Gasteiger partial charge in [0.1, 0.15) is 5.69 Å². The lowest BCUT2D eigenvalue weighted by Gasteiger charge is -2.24. The summed E-state index contributed by atoms with van der Waals surface area (Å²) in [5, 5.41) is 4.14. The highest BCUT2D eigenvalue weighted by Crippen LogP contribution is 2.36. The van der Waals surface area contributed by atoms with Gasteiger partial charge in [0.05, 0.1) is 24.0 Å². The van der Waals surface area contributed by atoms with Gasteiger partial charge < -0.3 is 14.8 Å². The highest BCUT2D eigenvalue weighted by molar-refractivity contribution is 5.99. The van der Waals surface area contributed by atoms with Crippen molar-refractivity contribution in [3.05, 3.63) is 36.4 Å². The lowest BCUT2D eigenvalue weighted by atomic mass is 10.1. The third-order valence-electron chi connectivity index (χ3n) is 4.55. The fourth-order valence-electron chi connectivity index (χ4n) is 3.59. The van der Waals surface area contributed by atoms with Crippen LogP contribution >= 0.6 is 0 Å². The van der Waals surface area contributed by atoms with Gasteiger partial charge in [-0.3, -0.25) is 14.3 Å². The van der Waals surface area contributed by atoms with Gasteiger partial charge in [-0.2, -0.15) is 5.10 Å². The molecular weight excluding hydrogens is 282 g/mol. The predicted molar refractivity (Wildman–Crippen MR) is 79.3 cm³/mol. The summed E-state index contributed by atoms with van der Waals surface area (Å²) in [6, 6.07) is 3.58. The first-order valence-corrected chi connectivity index (χ1v) is 7.40. The number of anilines is 1. The smallest absolute Gasteiger partial charge is 0.270 e. The van der Waals surface area contributed by atoms with E-state index in [1.54, 1.807) is 28.0 Å². The molecule has 1 N–H and O–H groups in total. The number of likely N-dealkylation sites (tertiary alicyclic amines) is 1. The van der Waals surface area contributed by atoms with Crippen molar-refractivity contribution in [2.24, 2.45) is 7.05 Å². The first-order chi connectivity index (χ1) is 10.6. The summed E-state index contributed by atoms with van der Waals surface area (Å²) in [7, 11) is 1.83. The van der Waals surface area contributed by atoms with Crippen LogP contribution in [0.4, 0.5) is 5.69 Å². The Morgan fingerprint density at radius 3 is 2.95 bits per heavy atom. The Morgan fingerprint density at radius 2 is 2.27 bits per heavy atom. The molecular formula is C15H17N5O2. The molecule has 0 saturated carbocycles. The van der Waals surface area contributed by atoms with Gasteiger partial charge in [0.25, 0.3) is 5.91 Å². The topological polar surface area (TPSA) is 74.2 Å². The number of carbonyl (C=O) groups is 2. The first-order valence-electron chi connectivity index (χ1n) is 7.40. The molecule has 114 valence electrons. The zero-order valence-corrected chi connectivity index (χ0v) is 12.3. The van der Waals surface area contributed by atoms with Crippen LogP contribution in [0.5, 0.6) is 0 Å². The average molecular weight is 299 g/mol. The number of aromatic amines is 1. The van der Waals surface area contributed by atoms with Crippen LogP contribution in [0.15, 0.2) is 30.7 Å². The minimum Gasteiger partial charge on any atom is -0.357 e. The molecule has 22 heavy (non-hydrogen) atoms. The lowest BCUT2D eigenvalue weighted by molar-refractivity contribution is -0.117. The Labute approximate surface area is 127 Å². The number of H-pyrrole nitrogens is 1. The van der Waals surface area contributed by atoms with E-state index in [-0.39, 0.29) is 23.9 Å². The van der Waals surface area contributed by atoms with Gasteiger partial charge in [-0.1, -0.05) is 0 Å². The van der Waals surface area contributed by atoms with E-state index >= 15 is 0 Å². The lowest BCUT2D eigenvalue weighted by Crippen LogP contribution is -2.40. The number of carbonyl (C=O) groups excluding carboxylic acids is 2. The van der Waals surface area contributed by atoms with E-state index in [2.05, 4.69) is 10.1 Å². The Kier molecular flexibility index (Phi) is 2.82. The first kappa shape index (κ1) is 13.1. The van der Waals surface area contributed by atoms with E-state index in [1.165, 1.54) is 0 Å². The molecule has 2 aliphatic rings. The van der Waals surface area contributed by atoms with Crippen LogP contribution in [-0.2, 0) is 11.8 Å². The van der Waals surface area contributed by atoms with Crippen LogP contribution in [0.3, 0.4) is 0 Å². The van der Waals surface area contributed by atoms with Crippen molar-refractivity contribution >= 4 is 17.5 Å². The third kappa shape index (κ3) is 1.85. The van der Waals surface area contributed by atoms with Crippen LogP contribution in [0.1, 0.15) is 23.3 Å². The second-order valence-corrected chi connectivity index (χ2v) is 5.85. The number of hydrogen-bond acceptors (Lipinski definition) is 3. The third-order valence-corrected chi connectivity index (χ3v) is 4.55. The van der Waals surface area contributed by atoms with Gasteiger partial charge in [0, 0.05) is 32.4 Å². The Hall–Kier alpha value is -2.57. The fraction of sp³-hybridized carbons (Fsp3) is 0.400. The van der Waals surface area contributed by atoms with Crippen LogP contribution in [0.2, 0.25) is 0 Å². The van der Waals surface area contributed by atoms with Gasteiger partial charge in [-0.15, -0.1) is 0 Å². The van der Waals surface area contributed by atoms with Crippen molar-refractivity contribution in [1.29, 1.82) is 0 Å². The quantitative estimate of drug-likeness (QED) is 0.890. The molecule has 2 aliphatic heterocycles. The predicted octanol–water partition coefficient (Wildman–Crippen LogP) is 0.768. The molecule has 2 unspecified atom stereocenters. The van der Waals surface area contributed by atoms with Gasteiger partial charge in [-0.25, -0.2) is 0 Å². The van der Waals surface area contributed by atoms with Crippen molar-refractivity contribution < 1.29 is 9.59 Å². The number of hydrogen-bond donors (Lipinski definition) is 1. The Morgan fingerprint density at radius 1 is 1.41 bits per heavy atom. The van der Waals surface area contributed by atoms with Gasteiger partial charge >= 0.3 is 0 Å². The molecule has 7 heteroatoms. The van der Waals surface area contributed by atoms with Crippen molar-refractivity contribution in [3.63, 3.8) is 0 Å². The van der Waals surface area contributed by atoms with Crippen molar-refractivity contribution in [3.8, 4) is 0 Å². The molecule has 7 nitrogen and oxygen atoms in total. The molecule has 0 spiro atoms. The van der Waals surface area contributed by atoms with E-state index in [0.29, 0.717) is 18.7 Å². The molecule has 0 radical (unpaired) electrons. The Bertz CT molecular complexity index is 720. The molecule has 0 aromatic carbocycles. The zero-order valence-electron chi connectivity index (χ0n) is 12.3. The number of fused-ring (bicyclic) bond motifs is 1. The summed E-state index contributed by atoms with van der Waals surface area (Å²) in [4.78, 5) is 31.5. The van der Waals surface area contributed by atoms with Crippen LogP contribution < -0.4 is 4.90 Å². The van der Waals surface area contributed by atoms with E-state index in [9.17, 15) is 9.59 Å². The summed E-state index contributed by atoms with van der Waals surface area (Å²) in [6.45, 7) is 0.678. The molecule has 2 fully saturated rings. The molecule has 4 heterocycles. The largest absolute Gasteiger partial charge is 0.357 e. The number of rotatable bonds is 2. The van der Waals surface area contributed by atoms with Crippen molar-refractivity contribution in [2.75, 3.05) is 11.4 Å². The molecule has 4 rings (SSSR count). The van der Waals surface area contributed by atoms with E-state index < -0.39 is 0 Å². The maximum atomic E-state index is 12.6. The summed E-state index contributed by atoms with van der Waals surface area (Å²) >= 11 is 0. The molecule has 2 aromatic heterocycles. The fourth-order valence-corrected chi connectivity index (χ4v) is 3.59. The van der Waals surface area contributed by atoms with Gasteiger partial charge in [-0.05, 0) is 18.6 Å². The van der Waals surface area contributed by atoms with Gasteiger partial charge in [0.15, 0.2) is 0 Å². The van der Waals surface area contributed by atoms with E-state index in [1.807, 2.05) is 24.2 Å². The maximum Gasteiger partial charge on any atom is 0.270 e. The monoisotopic (exact) mass is 299 g/mol. The summed E-state index contributed by atoms with van der Waals surface area (Å²) < 4.78 is 1.69. The zero-order chi connectivity index (χ0) is 15.3. The minimum absolute atomic E-state index is 0.0293. The number of nitrogens with one attached hydrogen (secondary N) is 1. The molecule has 0 bridgehead atoms. The number of aromatic nitrogens is 3. The second kappa shape index (κ2) is 4.72. The SMILES string of the molecule is Cn1cc(N2C(=O)CC3C2CCN3C(=O)c2ccc[nH]2)cn1. The standard InChI is InChI=1S/C15H17N5O2/c1-18-9-10(8-17-18)20-12-4-6-19(13(12)7-14(20)21)15(22)11-3-2-5-16-11/h2-3,5,8-9,12-13,16H,4,6-7H2,1H3. The number of aryl methyl sites for hydroxylation is 1. The van der Waals surface area contributed by atoms with Crippen molar-refractivity contribution in [1.82, 2.24) is 19.7 Å². The van der Waals surface area contributed by atoms with E-state index in [4.69, 9.17) is 0 Å². The number of amides is 2. The summed E-state index contributed by atoms with van der Waals surface area (Å²) in [5.41, 5.74) is 1.39. The molecule has 2 atom stereocenters. The summed E-state index contributed by atoms with van der Waals surface area (Å²) in [6.07, 6.45) is 6.47. The highest BCUT2D eigenvalue weighted by atomic mass is 16.2. The van der Waals surface area contributed by atoms with Gasteiger partial charge in [0.2, 0.25) is 5.91 Å². The molecule has 2 amide bonds. The molecule has 0 aliphatic carbocycles. The summed E-state index contributed by atoms with van der Waals surface area (Å²) in [5.74, 6) is 0.0327. The maximum absolute atomic E-state index is 12.6. The minimum atomic E-state index is -0.0523. The Balaban J connectivity index is 1.60. The highest BCUT2D eigenvalue weighted by Gasteiger charge is 2.49. The van der Waals surface area contributed by atoms with Crippen LogP contribution in [-0.4, -0.2) is 50.1 Å². The molecule has 2 aromatic rings.